The standard InChI is InChI=1S/C6H9N3O2/c1-3-10-5(7-1)9-6-8-2-4-11-6/h1-4H2,(H,7,8,9). The van der Waals surface area contributed by atoms with Crippen LogP contribution in [0.25, 0.3) is 0 Å². The van der Waals surface area contributed by atoms with Crippen molar-refractivity contribution in [1.82, 2.24) is 5.32 Å². The Labute approximate surface area is 64.1 Å². The van der Waals surface area contributed by atoms with Gasteiger partial charge in [-0.2, -0.15) is 0 Å². The first-order valence-corrected chi connectivity index (χ1v) is 3.57. The maximum atomic E-state index is 5.09. The van der Waals surface area contributed by atoms with Gasteiger partial charge in [-0.05, 0) is 0 Å². The van der Waals surface area contributed by atoms with Gasteiger partial charge in [-0.1, -0.05) is 0 Å². The van der Waals surface area contributed by atoms with Gasteiger partial charge >= 0.3 is 0 Å². The minimum absolute atomic E-state index is 0.519. The number of hydrogen-bond acceptors (Lipinski definition) is 5. The third kappa shape index (κ3) is 1.42. The van der Waals surface area contributed by atoms with Gasteiger partial charge in [0.05, 0.1) is 13.1 Å². The van der Waals surface area contributed by atoms with E-state index in [2.05, 4.69) is 15.3 Å². The van der Waals surface area contributed by atoms with E-state index in [9.17, 15) is 0 Å². The Morgan fingerprint density at radius 3 is 1.91 bits per heavy atom. The molecular formula is C6H9N3O2. The molecule has 11 heavy (non-hydrogen) atoms. The second-order valence-corrected chi connectivity index (χ2v) is 2.20. The molecule has 2 heterocycles. The number of aliphatic imine (C=N–C) groups is 2. The minimum Gasteiger partial charge on any atom is -0.463 e. The predicted octanol–water partition coefficient (Wildman–Crippen LogP) is -0.652. The van der Waals surface area contributed by atoms with E-state index >= 15 is 0 Å². The molecule has 1 N–H and O–H groups in total. The van der Waals surface area contributed by atoms with Crippen LogP contribution in [0.5, 0.6) is 0 Å². The predicted molar refractivity (Wildman–Crippen MR) is 39.6 cm³/mol. The Balaban J connectivity index is 1.89. The van der Waals surface area contributed by atoms with E-state index in [1.165, 1.54) is 0 Å². The molecule has 0 aliphatic carbocycles. The highest BCUT2D eigenvalue weighted by Crippen LogP contribution is 1.94. The van der Waals surface area contributed by atoms with E-state index in [1.54, 1.807) is 0 Å². The van der Waals surface area contributed by atoms with Crippen molar-refractivity contribution in [3.8, 4) is 0 Å². The molecule has 0 atom stereocenters. The van der Waals surface area contributed by atoms with Gasteiger partial charge in [-0.25, -0.2) is 9.98 Å². The van der Waals surface area contributed by atoms with Gasteiger partial charge in [0.15, 0.2) is 0 Å². The summed E-state index contributed by atoms with van der Waals surface area (Å²) in [5, 5.41) is 2.83. The highest BCUT2D eigenvalue weighted by atomic mass is 16.5. The fraction of sp³-hybridized carbons (Fsp3) is 0.667. The van der Waals surface area contributed by atoms with Gasteiger partial charge < -0.3 is 9.47 Å². The normalized spacial score (nSPS) is 21.8. The summed E-state index contributed by atoms with van der Waals surface area (Å²) in [6, 6.07) is 1.04. The van der Waals surface area contributed by atoms with Gasteiger partial charge in [0.1, 0.15) is 13.2 Å². The van der Waals surface area contributed by atoms with E-state index in [4.69, 9.17) is 9.47 Å². The molecule has 5 nitrogen and oxygen atoms in total. The summed E-state index contributed by atoms with van der Waals surface area (Å²) >= 11 is 0. The summed E-state index contributed by atoms with van der Waals surface area (Å²) in [7, 11) is 0. The second-order valence-electron chi connectivity index (χ2n) is 2.20. The smallest absolute Gasteiger partial charge is 0.293 e. The Morgan fingerprint density at radius 2 is 1.55 bits per heavy atom. The molecule has 0 aromatic carbocycles. The minimum atomic E-state index is 0.519. The van der Waals surface area contributed by atoms with Crippen molar-refractivity contribution in [1.29, 1.82) is 0 Å². The maximum absolute atomic E-state index is 5.09. The summed E-state index contributed by atoms with van der Waals surface area (Å²) in [6.07, 6.45) is 0. The third-order valence-corrected chi connectivity index (χ3v) is 1.38. The summed E-state index contributed by atoms with van der Waals surface area (Å²) in [5.41, 5.74) is 0. The lowest BCUT2D eigenvalue weighted by Crippen LogP contribution is -2.30. The number of amidine groups is 2. The van der Waals surface area contributed by atoms with E-state index in [0.29, 0.717) is 25.3 Å². The first kappa shape index (κ1) is 6.45. The molecule has 0 spiro atoms. The molecule has 0 aromatic rings. The van der Waals surface area contributed by atoms with Crippen molar-refractivity contribution in [2.45, 2.75) is 0 Å². The van der Waals surface area contributed by atoms with Crippen LogP contribution in [0.15, 0.2) is 9.98 Å². The number of rotatable bonds is 0. The summed E-state index contributed by atoms with van der Waals surface area (Å²) in [4.78, 5) is 8.04. The molecule has 0 unspecified atom stereocenters. The molecule has 2 rings (SSSR count). The highest BCUT2D eigenvalue weighted by Gasteiger charge is 2.13. The zero-order chi connectivity index (χ0) is 7.52. The first-order valence-electron chi connectivity index (χ1n) is 3.57. The fourth-order valence-electron chi connectivity index (χ4n) is 0.913. The topological polar surface area (TPSA) is 55.2 Å². The number of hydrogen-bond donors (Lipinski definition) is 1. The number of ether oxygens (including phenoxy) is 2. The van der Waals surface area contributed by atoms with Gasteiger partial charge in [-0.3, -0.25) is 5.32 Å². The van der Waals surface area contributed by atoms with Crippen molar-refractivity contribution in [3.05, 3.63) is 0 Å². The zero-order valence-corrected chi connectivity index (χ0v) is 6.04. The second kappa shape index (κ2) is 2.77. The molecule has 5 heteroatoms. The van der Waals surface area contributed by atoms with Crippen molar-refractivity contribution in [2.24, 2.45) is 9.98 Å². The summed E-state index contributed by atoms with van der Waals surface area (Å²) in [6.45, 7) is 2.73. The van der Waals surface area contributed by atoms with Crippen LogP contribution in [-0.2, 0) is 9.47 Å². The quantitative estimate of drug-likeness (QED) is 0.505. The lowest BCUT2D eigenvalue weighted by molar-refractivity contribution is 0.316. The van der Waals surface area contributed by atoms with Crippen LogP contribution in [-0.4, -0.2) is 38.3 Å². The zero-order valence-electron chi connectivity index (χ0n) is 6.04. The van der Waals surface area contributed by atoms with E-state index in [0.717, 1.165) is 13.1 Å². The Bertz CT molecular complexity index is 190. The number of nitrogens with one attached hydrogen (secondary N) is 1. The lowest BCUT2D eigenvalue weighted by atomic mass is 10.8. The van der Waals surface area contributed by atoms with Crippen LogP contribution >= 0.6 is 0 Å². The van der Waals surface area contributed by atoms with Crippen LogP contribution in [0, 0.1) is 0 Å². The van der Waals surface area contributed by atoms with Gasteiger partial charge in [-0.15, -0.1) is 0 Å². The van der Waals surface area contributed by atoms with E-state index in [-0.39, 0.29) is 0 Å². The molecular weight excluding hydrogens is 146 g/mol. The van der Waals surface area contributed by atoms with Crippen molar-refractivity contribution in [3.63, 3.8) is 0 Å². The average molecular weight is 155 g/mol. The Kier molecular flexibility index (Phi) is 1.63. The monoisotopic (exact) mass is 155 g/mol. The van der Waals surface area contributed by atoms with Gasteiger partial charge in [0, 0.05) is 0 Å². The molecule has 0 saturated carbocycles. The molecule has 60 valence electrons. The molecule has 0 amide bonds. The van der Waals surface area contributed by atoms with Gasteiger partial charge in [0.25, 0.3) is 12.0 Å². The van der Waals surface area contributed by atoms with Crippen LogP contribution in [0.3, 0.4) is 0 Å². The van der Waals surface area contributed by atoms with E-state index in [1.807, 2.05) is 0 Å². The fourth-order valence-corrected chi connectivity index (χ4v) is 0.913. The molecule has 0 fully saturated rings. The third-order valence-electron chi connectivity index (χ3n) is 1.38. The van der Waals surface area contributed by atoms with E-state index < -0.39 is 0 Å². The van der Waals surface area contributed by atoms with Crippen LogP contribution in [0.2, 0.25) is 0 Å². The van der Waals surface area contributed by atoms with Crippen molar-refractivity contribution < 1.29 is 9.47 Å². The van der Waals surface area contributed by atoms with Crippen LogP contribution < -0.4 is 5.32 Å². The highest BCUT2D eigenvalue weighted by molar-refractivity contribution is 5.93. The first-order chi connectivity index (χ1) is 5.45. The lowest BCUT2D eigenvalue weighted by Gasteiger charge is -2.03. The van der Waals surface area contributed by atoms with Crippen LogP contribution in [0.1, 0.15) is 0 Å². The molecule has 2 aliphatic rings. The summed E-state index contributed by atoms with van der Waals surface area (Å²) < 4.78 is 10.2. The molecule has 0 saturated heterocycles. The van der Waals surface area contributed by atoms with Crippen LogP contribution in [0.4, 0.5) is 0 Å². The molecule has 0 bridgehead atoms. The largest absolute Gasteiger partial charge is 0.463 e. The number of nitrogens with zero attached hydrogens (tertiary/aromatic N) is 2. The molecule has 2 aliphatic heterocycles. The maximum Gasteiger partial charge on any atom is 0.293 e. The molecule has 0 aromatic heterocycles. The Morgan fingerprint density at radius 1 is 1.00 bits per heavy atom. The van der Waals surface area contributed by atoms with Crippen molar-refractivity contribution in [2.75, 3.05) is 26.3 Å². The van der Waals surface area contributed by atoms with Crippen molar-refractivity contribution >= 4 is 12.0 Å². The molecule has 0 radical (unpaired) electrons. The van der Waals surface area contributed by atoms with Gasteiger partial charge in [0.2, 0.25) is 0 Å². The average Bonchev–Trinajstić information content (AvgIpc) is 2.60. The Hall–Kier alpha value is -1.26. The summed E-state index contributed by atoms with van der Waals surface area (Å²) in [5.74, 6) is 0. The SMILES string of the molecule is C1COC(NC2=NCCO2)=N1.